The molecule has 0 spiro atoms. The Morgan fingerprint density at radius 1 is 1.20 bits per heavy atom. The lowest BCUT2D eigenvalue weighted by Crippen LogP contribution is -2.37. The van der Waals surface area contributed by atoms with Crippen LogP contribution in [-0.2, 0) is 4.74 Å². The van der Waals surface area contributed by atoms with Crippen molar-refractivity contribution in [3.63, 3.8) is 0 Å². The van der Waals surface area contributed by atoms with E-state index in [2.05, 4.69) is 10.2 Å². The molecule has 2 fully saturated rings. The van der Waals surface area contributed by atoms with Crippen molar-refractivity contribution in [1.29, 1.82) is 0 Å². The Kier molecular flexibility index (Phi) is 4.42. The minimum atomic E-state index is 0.446. The van der Waals surface area contributed by atoms with Crippen LogP contribution in [-0.4, -0.2) is 50.3 Å². The van der Waals surface area contributed by atoms with Crippen LogP contribution in [0.3, 0.4) is 0 Å². The van der Waals surface area contributed by atoms with Crippen molar-refractivity contribution in [2.45, 2.75) is 44.2 Å². The summed E-state index contributed by atoms with van der Waals surface area (Å²) in [7, 11) is 1.82. The Morgan fingerprint density at radius 3 is 2.53 bits per heavy atom. The summed E-state index contributed by atoms with van der Waals surface area (Å²) in [6.07, 6.45) is 7.26. The standard InChI is InChI=1S/C12H24N2O/c1-15-12-8-11(13-9-12)10-14-6-4-2-3-5-7-14/h11-13H,2-10H2,1H3. The Balaban J connectivity index is 1.71. The third-order valence-electron chi connectivity index (χ3n) is 3.69. The molecule has 0 amide bonds. The summed E-state index contributed by atoms with van der Waals surface area (Å²) < 4.78 is 5.37. The zero-order chi connectivity index (χ0) is 10.5. The van der Waals surface area contributed by atoms with Gasteiger partial charge in [-0.05, 0) is 32.4 Å². The van der Waals surface area contributed by atoms with Crippen LogP contribution in [0.1, 0.15) is 32.1 Å². The van der Waals surface area contributed by atoms with Crippen LogP contribution in [0.25, 0.3) is 0 Å². The first-order valence-electron chi connectivity index (χ1n) is 6.37. The van der Waals surface area contributed by atoms with Crippen molar-refractivity contribution in [3.8, 4) is 0 Å². The van der Waals surface area contributed by atoms with Crippen molar-refractivity contribution >= 4 is 0 Å². The molecule has 3 nitrogen and oxygen atoms in total. The maximum atomic E-state index is 5.37. The maximum Gasteiger partial charge on any atom is 0.0711 e. The van der Waals surface area contributed by atoms with E-state index < -0.39 is 0 Å². The van der Waals surface area contributed by atoms with Crippen molar-refractivity contribution in [1.82, 2.24) is 10.2 Å². The summed E-state index contributed by atoms with van der Waals surface area (Å²) in [6.45, 7) is 4.86. The molecule has 2 aliphatic rings. The fourth-order valence-corrected chi connectivity index (χ4v) is 2.73. The molecule has 0 aromatic heterocycles. The van der Waals surface area contributed by atoms with E-state index in [4.69, 9.17) is 4.74 Å². The lowest BCUT2D eigenvalue weighted by Gasteiger charge is -2.23. The number of rotatable bonds is 3. The van der Waals surface area contributed by atoms with E-state index in [0.29, 0.717) is 12.1 Å². The minimum absolute atomic E-state index is 0.446. The van der Waals surface area contributed by atoms with Crippen LogP contribution in [0.4, 0.5) is 0 Å². The molecule has 88 valence electrons. The molecule has 0 aromatic rings. The zero-order valence-electron chi connectivity index (χ0n) is 9.87. The van der Waals surface area contributed by atoms with E-state index in [1.54, 1.807) is 0 Å². The van der Waals surface area contributed by atoms with Gasteiger partial charge in [0, 0.05) is 26.2 Å². The van der Waals surface area contributed by atoms with Gasteiger partial charge in [-0.25, -0.2) is 0 Å². The van der Waals surface area contributed by atoms with Gasteiger partial charge in [0.05, 0.1) is 6.10 Å². The Labute approximate surface area is 93.2 Å². The highest BCUT2D eigenvalue weighted by atomic mass is 16.5. The molecule has 0 aromatic carbocycles. The summed E-state index contributed by atoms with van der Waals surface area (Å²) in [5, 5.41) is 3.56. The normalized spacial score (nSPS) is 34.2. The first-order valence-corrected chi connectivity index (χ1v) is 6.37. The Hall–Kier alpha value is -0.120. The van der Waals surface area contributed by atoms with Gasteiger partial charge in [0.1, 0.15) is 0 Å². The fraction of sp³-hybridized carbons (Fsp3) is 1.00. The monoisotopic (exact) mass is 212 g/mol. The second-order valence-corrected chi connectivity index (χ2v) is 4.91. The van der Waals surface area contributed by atoms with E-state index in [1.165, 1.54) is 51.7 Å². The third kappa shape index (κ3) is 3.44. The molecule has 0 aliphatic carbocycles. The largest absolute Gasteiger partial charge is 0.380 e. The molecule has 1 N–H and O–H groups in total. The van der Waals surface area contributed by atoms with Crippen LogP contribution in [0, 0.1) is 0 Å². The van der Waals surface area contributed by atoms with Gasteiger partial charge in [-0.1, -0.05) is 12.8 Å². The van der Waals surface area contributed by atoms with Crippen molar-refractivity contribution in [2.75, 3.05) is 33.3 Å². The van der Waals surface area contributed by atoms with Crippen LogP contribution in [0.15, 0.2) is 0 Å². The van der Waals surface area contributed by atoms with Crippen molar-refractivity contribution in [3.05, 3.63) is 0 Å². The Bertz CT molecular complexity index is 178. The average molecular weight is 212 g/mol. The van der Waals surface area contributed by atoms with Gasteiger partial charge in [0.2, 0.25) is 0 Å². The number of likely N-dealkylation sites (tertiary alicyclic amines) is 1. The van der Waals surface area contributed by atoms with Crippen LogP contribution in [0.2, 0.25) is 0 Å². The molecule has 2 rings (SSSR count). The number of hydrogen-bond acceptors (Lipinski definition) is 3. The van der Waals surface area contributed by atoms with Gasteiger partial charge in [-0.3, -0.25) is 0 Å². The minimum Gasteiger partial charge on any atom is -0.380 e. The molecule has 2 atom stereocenters. The van der Waals surface area contributed by atoms with Gasteiger partial charge in [0.15, 0.2) is 0 Å². The molecular weight excluding hydrogens is 188 g/mol. The summed E-state index contributed by atoms with van der Waals surface area (Å²) >= 11 is 0. The average Bonchev–Trinajstić information content (AvgIpc) is 2.54. The highest BCUT2D eigenvalue weighted by Crippen LogP contribution is 2.14. The second kappa shape index (κ2) is 5.83. The molecule has 15 heavy (non-hydrogen) atoms. The first kappa shape index (κ1) is 11.4. The number of hydrogen-bond donors (Lipinski definition) is 1. The zero-order valence-corrected chi connectivity index (χ0v) is 9.87. The molecule has 3 heteroatoms. The fourth-order valence-electron chi connectivity index (χ4n) is 2.73. The summed E-state index contributed by atoms with van der Waals surface area (Å²) in [6, 6.07) is 0.660. The van der Waals surface area contributed by atoms with Gasteiger partial charge < -0.3 is 15.0 Å². The highest BCUT2D eigenvalue weighted by molar-refractivity contribution is 4.84. The molecule has 0 radical (unpaired) electrons. The predicted octanol–water partition coefficient (Wildman–Crippen LogP) is 1.24. The van der Waals surface area contributed by atoms with Crippen molar-refractivity contribution in [2.24, 2.45) is 0 Å². The smallest absolute Gasteiger partial charge is 0.0711 e. The van der Waals surface area contributed by atoms with Gasteiger partial charge in [-0.15, -0.1) is 0 Å². The van der Waals surface area contributed by atoms with E-state index in [9.17, 15) is 0 Å². The van der Waals surface area contributed by atoms with E-state index >= 15 is 0 Å². The highest BCUT2D eigenvalue weighted by Gasteiger charge is 2.25. The number of nitrogens with one attached hydrogen (secondary N) is 1. The molecule has 0 bridgehead atoms. The topological polar surface area (TPSA) is 24.5 Å². The van der Waals surface area contributed by atoms with Crippen molar-refractivity contribution < 1.29 is 4.74 Å². The summed E-state index contributed by atoms with van der Waals surface area (Å²) in [5.74, 6) is 0. The molecule has 2 saturated heterocycles. The molecule has 2 heterocycles. The quantitative estimate of drug-likeness (QED) is 0.762. The van der Waals surface area contributed by atoms with Crippen LogP contribution < -0.4 is 5.32 Å². The third-order valence-corrected chi connectivity index (χ3v) is 3.69. The lowest BCUT2D eigenvalue weighted by atomic mass is 10.2. The number of methoxy groups -OCH3 is 1. The maximum absolute atomic E-state index is 5.37. The summed E-state index contributed by atoms with van der Waals surface area (Å²) in [4.78, 5) is 2.63. The predicted molar refractivity (Wildman–Crippen MR) is 62.1 cm³/mol. The van der Waals surface area contributed by atoms with Crippen LogP contribution >= 0.6 is 0 Å². The molecule has 2 unspecified atom stereocenters. The van der Waals surface area contributed by atoms with E-state index in [1.807, 2.05) is 7.11 Å². The van der Waals surface area contributed by atoms with Crippen LogP contribution in [0.5, 0.6) is 0 Å². The molecule has 0 saturated carbocycles. The van der Waals surface area contributed by atoms with Gasteiger partial charge in [0.25, 0.3) is 0 Å². The Morgan fingerprint density at radius 2 is 1.93 bits per heavy atom. The van der Waals surface area contributed by atoms with E-state index in [-0.39, 0.29) is 0 Å². The van der Waals surface area contributed by atoms with E-state index in [0.717, 1.165) is 6.54 Å². The number of nitrogens with zero attached hydrogens (tertiary/aromatic N) is 1. The molecule has 2 aliphatic heterocycles. The summed E-state index contributed by atoms with van der Waals surface area (Å²) in [5.41, 5.74) is 0. The number of ether oxygens (including phenoxy) is 1. The SMILES string of the molecule is COC1CNC(CN2CCCCCC2)C1. The van der Waals surface area contributed by atoms with Gasteiger partial charge in [-0.2, -0.15) is 0 Å². The second-order valence-electron chi connectivity index (χ2n) is 4.91. The lowest BCUT2D eigenvalue weighted by molar-refractivity contribution is 0.115. The van der Waals surface area contributed by atoms with Gasteiger partial charge >= 0.3 is 0 Å². The molecular formula is C12H24N2O. The first-order chi connectivity index (χ1) is 7.38.